The van der Waals surface area contributed by atoms with Crippen molar-refractivity contribution in [2.45, 2.75) is 40.1 Å². The Morgan fingerprint density at radius 1 is 1.05 bits per heavy atom. The quantitative estimate of drug-likeness (QED) is 0.831. The SMILES string of the molecule is CC(NCC(C)C(C)C)c1ccc(OC(F)(F)F)cc1. The van der Waals surface area contributed by atoms with Crippen LogP contribution < -0.4 is 10.1 Å². The van der Waals surface area contributed by atoms with Gasteiger partial charge in [-0.15, -0.1) is 13.2 Å². The predicted molar refractivity (Wildman–Crippen MR) is 73.5 cm³/mol. The van der Waals surface area contributed by atoms with E-state index in [4.69, 9.17) is 0 Å². The van der Waals surface area contributed by atoms with Crippen molar-refractivity contribution in [1.29, 1.82) is 0 Å². The first-order chi connectivity index (χ1) is 9.19. The first-order valence-electron chi connectivity index (χ1n) is 6.78. The van der Waals surface area contributed by atoms with Gasteiger partial charge in [-0.2, -0.15) is 0 Å². The number of rotatable bonds is 6. The molecule has 0 aliphatic heterocycles. The molecule has 114 valence electrons. The van der Waals surface area contributed by atoms with E-state index < -0.39 is 6.36 Å². The molecule has 2 atom stereocenters. The van der Waals surface area contributed by atoms with Crippen LogP contribution in [0.25, 0.3) is 0 Å². The molecule has 0 fully saturated rings. The average Bonchev–Trinajstić information content (AvgIpc) is 2.34. The standard InChI is InChI=1S/C15H22F3NO/c1-10(2)11(3)9-19-12(4)13-5-7-14(8-6-13)20-15(16,17)18/h5-8,10-12,19H,9H2,1-4H3. The summed E-state index contributed by atoms with van der Waals surface area (Å²) >= 11 is 0. The van der Waals surface area contributed by atoms with Crippen molar-refractivity contribution in [2.24, 2.45) is 11.8 Å². The zero-order valence-electron chi connectivity index (χ0n) is 12.3. The highest BCUT2D eigenvalue weighted by Gasteiger charge is 2.31. The zero-order valence-corrected chi connectivity index (χ0v) is 12.3. The zero-order chi connectivity index (χ0) is 15.3. The first-order valence-corrected chi connectivity index (χ1v) is 6.78. The minimum atomic E-state index is -4.64. The molecule has 0 aliphatic rings. The minimum absolute atomic E-state index is 0.0936. The van der Waals surface area contributed by atoms with Crippen molar-refractivity contribution in [3.8, 4) is 5.75 Å². The van der Waals surface area contributed by atoms with Gasteiger partial charge < -0.3 is 10.1 Å². The van der Waals surface area contributed by atoms with Crippen molar-refractivity contribution in [2.75, 3.05) is 6.54 Å². The highest BCUT2D eigenvalue weighted by Crippen LogP contribution is 2.24. The third-order valence-electron chi connectivity index (χ3n) is 3.50. The summed E-state index contributed by atoms with van der Waals surface area (Å²) in [5.41, 5.74) is 0.940. The van der Waals surface area contributed by atoms with Crippen molar-refractivity contribution in [1.82, 2.24) is 5.32 Å². The Morgan fingerprint density at radius 2 is 1.60 bits per heavy atom. The van der Waals surface area contributed by atoms with Gasteiger partial charge in [-0.05, 0) is 43.0 Å². The van der Waals surface area contributed by atoms with E-state index in [2.05, 4.69) is 30.8 Å². The lowest BCUT2D eigenvalue weighted by Gasteiger charge is -2.20. The Labute approximate surface area is 118 Å². The molecule has 1 N–H and O–H groups in total. The second-order valence-electron chi connectivity index (χ2n) is 5.47. The number of hydrogen-bond acceptors (Lipinski definition) is 2. The molecule has 5 heteroatoms. The van der Waals surface area contributed by atoms with Gasteiger partial charge >= 0.3 is 6.36 Å². The van der Waals surface area contributed by atoms with Crippen LogP contribution >= 0.6 is 0 Å². The Balaban J connectivity index is 2.55. The highest BCUT2D eigenvalue weighted by molar-refractivity contribution is 5.29. The van der Waals surface area contributed by atoms with Gasteiger partial charge in [-0.25, -0.2) is 0 Å². The van der Waals surface area contributed by atoms with Gasteiger partial charge in [0.1, 0.15) is 5.75 Å². The van der Waals surface area contributed by atoms with Crippen LogP contribution in [0.5, 0.6) is 5.75 Å². The normalized spacial score (nSPS) is 15.2. The molecule has 0 radical (unpaired) electrons. The summed E-state index contributed by atoms with van der Waals surface area (Å²) in [5.74, 6) is 0.951. The molecule has 0 aliphatic carbocycles. The molecule has 20 heavy (non-hydrogen) atoms. The molecule has 0 amide bonds. The summed E-state index contributed by atoms with van der Waals surface area (Å²) in [6, 6.07) is 6.08. The molecule has 0 saturated carbocycles. The summed E-state index contributed by atoms with van der Waals surface area (Å²) in [4.78, 5) is 0. The number of halogens is 3. The van der Waals surface area contributed by atoms with Crippen molar-refractivity contribution in [3.63, 3.8) is 0 Å². The van der Waals surface area contributed by atoms with Crippen LogP contribution in [0.4, 0.5) is 13.2 Å². The molecular weight excluding hydrogens is 267 g/mol. The van der Waals surface area contributed by atoms with E-state index in [1.807, 2.05) is 6.92 Å². The van der Waals surface area contributed by atoms with E-state index in [9.17, 15) is 13.2 Å². The smallest absolute Gasteiger partial charge is 0.406 e. The predicted octanol–water partition coefficient (Wildman–Crippen LogP) is 4.53. The highest BCUT2D eigenvalue weighted by atomic mass is 19.4. The Bertz CT molecular complexity index is 401. The third kappa shape index (κ3) is 5.82. The van der Waals surface area contributed by atoms with Crippen LogP contribution in [0, 0.1) is 11.8 Å². The van der Waals surface area contributed by atoms with Crippen LogP contribution in [0.3, 0.4) is 0 Å². The van der Waals surface area contributed by atoms with E-state index >= 15 is 0 Å². The monoisotopic (exact) mass is 289 g/mol. The van der Waals surface area contributed by atoms with Crippen LogP contribution in [-0.4, -0.2) is 12.9 Å². The molecule has 2 unspecified atom stereocenters. The maximum atomic E-state index is 12.1. The molecule has 1 aromatic carbocycles. The van der Waals surface area contributed by atoms with Crippen molar-refractivity contribution >= 4 is 0 Å². The lowest BCUT2D eigenvalue weighted by molar-refractivity contribution is -0.274. The van der Waals surface area contributed by atoms with Crippen molar-refractivity contribution in [3.05, 3.63) is 29.8 Å². The number of hydrogen-bond donors (Lipinski definition) is 1. The topological polar surface area (TPSA) is 21.3 Å². The van der Waals surface area contributed by atoms with Gasteiger partial charge in [-0.3, -0.25) is 0 Å². The number of alkyl halides is 3. The Hall–Kier alpha value is -1.23. The summed E-state index contributed by atoms with van der Waals surface area (Å²) in [5, 5.41) is 3.38. The van der Waals surface area contributed by atoms with E-state index in [-0.39, 0.29) is 11.8 Å². The molecule has 1 aromatic rings. The Morgan fingerprint density at radius 3 is 2.05 bits per heavy atom. The fraction of sp³-hybridized carbons (Fsp3) is 0.600. The van der Waals surface area contributed by atoms with Gasteiger partial charge in [-0.1, -0.05) is 32.9 Å². The van der Waals surface area contributed by atoms with E-state index in [1.54, 1.807) is 12.1 Å². The fourth-order valence-corrected chi connectivity index (χ4v) is 1.67. The molecule has 0 heterocycles. The minimum Gasteiger partial charge on any atom is -0.406 e. The molecular formula is C15H22F3NO. The van der Waals surface area contributed by atoms with Crippen molar-refractivity contribution < 1.29 is 17.9 Å². The number of ether oxygens (including phenoxy) is 1. The largest absolute Gasteiger partial charge is 0.573 e. The van der Waals surface area contributed by atoms with E-state index in [1.165, 1.54) is 12.1 Å². The summed E-state index contributed by atoms with van der Waals surface area (Å²) < 4.78 is 40.0. The van der Waals surface area contributed by atoms with Crippen LogP contribution in [-0.2, 0) is 0 Å². The van der Waals surface area contributed by atoms with Crippen LogP contribution in [0.15, 0.2) is 24.3 Å². The second kappa shape index (κ2) is 6.97. The fourth-order valence-electron chi connectivity index (χ4n) is 1.67. The molecule has 0 saturated heterocycles. The molecule has 1 rings (SSSR count). The van der Waals surface area contributed by atoms with E-state index in [0.717, 1.165) is 12.1 Å². The summed E-state index contributed by atoms with van der Waals surface area (Å²) in [7, 11) is 0. The van der Waals surface area contributed by atoms with E-state index in [0.29, 0.717) is 11.8 Å². The number of nitrogens with one attached hydrogen (secondary N) is 1. The summed E-state index contributed by atoms with van der Waals surface area (Å²) in [6.45, 7) is 9.37. The number of benzene rings is 1. The maximum Gasteiger partial charge on any atom is 0.573 e. The van der Waals surface area contributed by atoms with Gasteiger partial charge in [0.25, 0.3) is 0 Å². The van der Waals surface area contributed by atoms with Gasteiger partial charge in [0.15, 0.2) is 0 Å². The Kier molecular flexibility index (Phi) is 5.87. The van der Waals surface area contributed by atoms with Gasteiger partial charge in [0, 0.05) is 6.04 Å². The molecule has 0 bridgehead atoms. The van der Waals surface area contributed by atoms with Crippen LogP contribution in [0.2, 0.25) is 0 Å². The second-order valence-corrected chi connectivity index (χ2v) is 5.47. The van der Waals surface area contributed by atoms with Gasteiger partial charge in [0.2, 0.25) is 0 Å². The first kappa shape index (κ1) is 16.8. The average molecular weight is 289 g/mol. The summed E-state index contributed by atoms with van der Waals surface area (Å²) in [6.07, 6.45) is -4.64. The van der Waals surface area contributed by atoms with Gasteiger partial charge in [0.05, 0.1) is 0 Å². The lowest BCUT2D eigenvalue weighted by Crippen LogP contribution is -2.26. The van der Waals surface area contributed by atoms with Crippen LogP contribution in [0.1, 0.15) is 39.3 Å². The third-order valence-corrected chi connectivity index (χ3v) is 3.50. The maximum absolute atomic E-state index is 12.1. The molecule has 0 spiro atoms. The lowest BCUT2D eigenvalue weighted by atomic mass is 9.97. The molecule has 2 nitrogen and oxygen atoms in total. The molecule has 0 aromatic heterocycles.